The Morgan fingerprint density at radius 3 is 2.64 bits per heavy atom. The Bertz CT molecular complexity index is 599. The van der Waals surface area contributed by atoms with Gasteiger partial charge < -0.3 is 0 Å². The molecule has 3 rings (SSSR count). The summed E-state index contributed by atoms with van der Waals surface area (Å²) in [4.78, 5) is 13.6. The van der Waals surface area contributed by atoms with Crippen LogP contribution in [0.3, 0.4) is 0 Å². The lowest BCUT2D eigenvalue weighted by Gasteiger charge is -2.39. The standard InChI is InChI=1S/C18H24N4/c1-15-10-18(20-14-19-15)13-22-9-8-21(11-16(22)2)12-17-6-4-3-5-7-17/h3-7,10,14,16H,8-9,11-13H2,1-2H3/t16-/m1/s1. The Labute approximate surface area is 132 Å². The second kappa shape index (κ2) is 6.99. The van der Waals surface area contributed by atoms with E-state index in [0.29, 0.717) is 6.04 Å². The summed E-state index contributed by atoms with van der Waals surface area (Å²) in [6.45, 7) is 9.62. The van der Waals surface area contributed by atoms with Crippen molar-refractivity contribution in [3.8, 4) is 0 Å². The number of aryl methyl sites for hydroxylation is 1. The SMILES string of the molecule is Cc1cc(CN2CCN(Cc3ccccc3)C[C@H]2C)ncn1. The van der Waals surface area contributed by atoms with E-state index in [4.69, 9.17) is 0 Å². The fourth-order valence-corrected chi connectivity index (χ4v) is 3.10. The molecule has 1 aromatic heterocycles. The van der Waals surface area contributed by atoms with Gasteiger partial charge in [0.2, 0.25) is 0 Å². The maximum absolute atomic E-state index is 4.39. The van der Waals surface area contributed by atoms with Gasteiger partial charge >= 0.3 is 0 Å². The van der Waals surface area contributed by atoms with Crippen molar-refractivity contribution < 1.29 is 0 Å². The Balaban J connectivity index is 1.56. The predicted octanol–water partition coefficient (Wildman–Crippen LogP) is 2.49. The number of hydrogen-bond donors (Lipinski definition) is 0. The van der Waals surface area contributed by atoms with Crippen LogP contribution in [0.2, 0.25) is 0 Å². The number of hydrogen-bond acceptors (Lipinski definition) is 4. The molecule has 2 aromatic rings. The zero-order valence-corrected chi connectivity index (χ0v) is 13.4. The number of piperazine rings is 1. The van der Waals surface area contributed by atoms with Gasteiger partial charge in [-0.15, -0.1) is 0 Å². The highest BCUT2D eigenvalue weighted by Gasteiger charge is 2.23. The van der Waals surface area contributed by atoms with Crippen molar-refractivity contribution in [3.05, 3.63) is 59.7 Å². The minimum atomic E-state index is 0.549. The molecule has 1 fully saturated rings. The smallest absolute Gasteiger partial charge is 0.115 e. The van der Waals surface area contributed by atoms with Crippen LogP contribution in [0.4, 0.5) is 0 Å². The predicted molar refractivity (Wildman–Crippen MR) is 88.4 cm³/mol. The highest BCUT2D eigenvalue weighted by molar-refractivity contribution is 5.14. The van der Waals surface area contributed by atoms with Gasteiger partial charge in [0.25, 0.3) is 0 Å². The highest BCUT2D eigenvalue weighted by atomic mass is 15.3. The van der Waals surface area contributed by atoms with Crippen LogP contribution < -0.4 is 0 Å². The summed E-state index contributed by atoms with van der Waals surface area (Å²) in [6.07, 6.45) is 1.67. The summed E-state index contributed by atoms with van der Waals surface area (Å²) >= 11 is 0. The number of rotatable bonds is 4. The van der Waals surface area contributed by atoms with E-state index in [-0.39, 0.29) is 0 Å². The third kappa shape index (κ3) is 3.90. The highest BCUT2D eigenvalue weighted by Crippen LogP contribution is 2.15. The van der Waals surface area contributed by atoms with E-state index in [1.807, 2.05) is 6.92 Å². The minimum Gasteiger partial charge on any atom is -0.296 e. The van der Waals surface area contributed by atoms with Crippen LogP contribution in [0.15, 0.2) is 42.7 Å². The molecule has 0 radical (unpaired) electrons. The zero-order chi connectivity index (χ0) is 15.4. The van der Waals surface area contributed by atoms with E-state index in [9.17, 15) is 0 Å². The van der Waals surface area contributed by atoms with Gasteiger partial charge in [-0.2, -0.15) is 0 Å². The molecule has 4 heteroatoms. The molecule has 0 spiro atoms. The van der Waals surface area contributed by atoms with Gasteiger partial charge in [0.05, 0.1) is 5.69 Å². The van der Waals surface area contributed by atoms with Crippen molar-refractivity contribution in [1.82, 2.24) is 19.8 Å². The molecule has 116 valence electrons. The van der Waals surface area contributed by atoms with Gasteiger partial charge in [-0.3, -0.25) is 9.80 Å². The van der Waals surface area contributed by atoms with Crippen LogP contribution in [0.25, 0.3) is 0 Å². The lowest BCUT2D eigenvalue weighted by molar-refractivity contribution is 0.0723. The van der Waals surface area contributed by atoms with Gasteiger partial charge in [0.15, 0.2) is 0 Å². The van der Waals surface area contributed by atoms with Crippen LogP contribution >= 0.6 is 0 Å². The molecule has 0 saturated carbocycles. The second-order valence-corrected chi connectivity index (χ2v) is 6.19. The molecule has 2 heterocycles. The van der Waals surface area contributed by atoms with Gasteiger partial charge in [-0.05, 0) is 25.5 Å². The average Bonchev–Trinajstić information content (AvgIpc) is 2.51. The van der Waals surface area contributed by atoms with Crippen molar-refractivity contribution in [2.24, 2.45) is 0 Å². The molecule has 22 heavy (non-hydrogen) atoms. The van der Waals surface area contributed by atoms with Gasteiger partial charge in [-0.1, -0.05) is 30.3 Å². The Kier molecular flexibility index (Phi) is 4.80. The lowest BCUT2D eigenvalue weighted by Crippen LogP contribution is -2.51. The molecule has 1 aromatic carbocycles. The fraction of sp³-hybridized carbons (Fsp3) is 0.444. The van der Waals surface area contributed by atoms with Crippen LogP contribution in [0.1, 0.15) is 23.9 Å². The van der Waals surface area contributed by atoms with Crippen LogP contribution in [0.5, 0.6) is 0 Å². The van der Waals surface area contributed by atoms with Crippen molar-refractivity contribution in [2.45, 2.75) is 33.0 Å². The van der Waals surface area contributed by atoms with E-state index in [2.05, 4.69) is 63.1 Å². The van der Waals surface area contributed by atoms with Crippen LogP contribution in [-0.2, 0) is 13.1 Å². The summed E-state index contributed by atoms with van der Waals surface area (Å²) in [7, 11) is 0. The maximum Gasteiger partial charge on any atom is 0.115 e. The summed E-state index contributed by atoms with van der Waals surface area (Å²) in [5, 5.41) is 0. The molecule has 0 unspecified atom stereocenters. The number of nitrogens with zero attached hydrogens (tertiary/aromatic N) is 4. The minimum absolute atomic E-state index is 0.549. The molecule has 1 aliphatic rings. The van der Waals surface area contributed by atoms with E-state index < -0.39 is 0 Å². The summed E-state index contributed by atoms with van der Waals surface area (Å²) < 4.78 is 0. The largest absolute Gasteiger partial charge is 0.296 e. The topological polar surface area (TPSA) is 32.3 Å². The molecular formula is C18H24N4. The lowest BCUT2D eigenvalue weighted by atomic mass is 10.1. The van der Waals surface area contributed by atoms with Crippen molar-refractivity contribution in [2.75, 3.05) is 19.6 Å². The molecule has 0 aliphatic carbocycles. The third-order valence-electron chi connectivity index (χ3n) is 4.32. The molecule has 1 aliphatic heterocycles. The number of aromatic nitrogens is 2. The van der Waals surface area contributed by atoms with E-state index in [1.165, 1.54) is 5.56 Å². The van der Waals surface area contributed by atoms with Crippen LogP contribution in [-0.4, -0.2) is 45.4 Å². The quantitative estimate of drug-likeness (QED) is 0.868. The van der Waals surface area contributed by atoms with Crippen molar-refractivity contribution in [1.29, 1.82) is 0 Å². The molecule has 1 atom stereocenters. The first-order chi connectivity index (χ1) is 10.7. The van der Waals surface area contributed by atoms with E-state index in [1.54, 1.807) is 6.33 Å². The second-order valence-electron chi connectivity index (χ2n) is 6.19. The monoisotopic (exact) mass is 296 g/mol. The first kappa shape index (κ1) is 15.1. The van der Waals surface area contributed by atoms with Crippen molar-refractivity contribution >= 4 is 0 Å². The summed E-state index contributed by atoms with van der Waals surface area (Å²) in [5.74, 6) is 0. The van der Waals surface area contributed by atoms with E-state index >= 15 is 0 Å². The van der Waals surface area contributed by atoms with Gasteiger partial charge in [0.1, 0.15) is 6.33 Å². The average molecular weight is 296 g/mol. The Hall–Kier alpha value is -1.78. The van der Waals surface area contributed by atoms with E-state index in [0.717, 1.165) is 44.1 Å². The number of benzene rings is 1. The molecule has 4 nitrogen and oxygen atoms in total. The zero-order valence-electron chi connectivity index (χ0n) is 13.4. The third-order valence-corrected chi connectivity index (χ3v) is 4.32. The summed E-state index contributed by atoms with van der Waals surface area (Å²) in [6, 6.07) is 13.4. The van der Waals surface area contributed by atoms with Crippen LogP contribution in [0, 0.1) is 6.92 Å². The Morgan fingerprint density at radius 1 is 1.09 bits per heavy atom. The molecular weight excluding hydrogens is 272 g/mol. The van der Waals surface area contributed by atoms with Gasteiger partial charge in [-0.25, -0.2) is 9.97 Å². The first-order valence-corrected chi connectivity index (χ1v) is 7.98. The maximum atomic E-state index is 4.39. The van der Waals surface area contributed by atoms with Gasteiger partial charge in [0, 0.05) is 44.5 Å². The molecule has 0 amide bonds. The first-order valence-electron chi connectivity index (χ1n) is 7.98. The molecule has 0 bridgehead atoms. The Morgan fingerprint density at radius 2 is 1.91 bits per heavy atom. The molecule has 0 N–H and O–H groups in total. The molecule has 1 saturated heterocycles. The van der Waals surface area contributed by atoms with Crippen molar-refractivity contribution in [3.63, 3.8) is 0 Å². The normalized spacial score (nSPS) is 20.2. The fourth-order valence-electron chi connectivity index (χ4n) is 3.10. The summed E-state index contributed by atoms with van der Waals surface area (Å²) in [5.41, 5.74) is 3.56.